The Labute approximate surface area is 71.8 Å². The van der Waals surface area contributed by atoms with Crippen LogP contribution in [0, 0.1) is 17.8 Å². The van der Waals surface area contributed by atoms with Crippen molar-refractivity contribution in [1.29, 1.82) is 0 Å². The molecule has 0 aliphatic heterocycles. The van der Waals surface area contributed by atoms with Crippen LogP contribution in [-0.4, -0.2) is 16.9 Å². The molecule has 3 nitrogen and oxygen atoms in total. The van der Waals surface area contributed by atoms with Crippen molar-refractivity contribution in [3.63, 3.8) is 0 Å². The summed E-state index contributed by atoms with van der Waals surface area (Å²) in [6.45, 7) is 3.94. The average molecular weight is 170 g/mol. The molecule has 1 N–H and O–H groups in total. The zero-order valence-corrected chi connectivity index (χ0v) is 7.41. The molecule has 0 radical (unpaired) electrons. The van der Waals surface area contributed by atoms with Crippen LogP contribution in [0.4, 0.5) is 0 Å². The van der Waals surface area contributed by atoms with Crippen molar-refractivity contribution in [1.82, 2.24) is 0 Å². The number of rotatable bonds is 2. The van der Waals surface area contributed by atoms with E-state index in [4.69, 9.17) is 5.11 Å². The fourth-order valence-corrected chi connectivity index (χ4v) is 1.86. The summed E-state index contributed by atoms with van der Waals surface area (Å²) in [5, 5.41) is 8.80. The van der Waals surface area contributed by atoms with Gasteiger partial charge in [-0.05, 0) is 11.8 Å². The molecular weight excluding hydrogens is 156 g/mol. The highest BCUT2D eigenvalue weighted by Gasteiger charge is 2.39. The van der Waals surface area contributed by atoms with Crippen LogP contribution in [0.5, 0.6) is 0 Å². The molecule has 1 aliphatic rings. The Morgan fingerprint density at radius 2 is 2.08 bits per heavy atom. The first kappa shape index (κ1) is 9.23. The van der Waals surface area contributed by atoms with Gasteiger partial charge in [-0.25, -0.2) is 0 Å². The van der Waals surface area contributed by atoms with Gasteiger partial charge in [-0.15, -0.1) is 0 Å². The van der Waals surface area contributed by atoms with Gasteiger partial charge >= 0.3 is 5.97 Å². The third-order valence-corrected chi connectivity index (χ3v) is 2.60. The van der Waals surface area contributed by atoms with Gasteiger partial charge in [-0.2, -0.15) is 0 Å². The minimum atomic E-state index is -0.820. The number of Topliss-reactive ketones (excluding diaryl/α,β-unsaturated/α-hetero) is 1. The molecule has 2 unspecified atom stereocenters. The van der Waals surface area contributed by atoms with Crippen LogP contribution in [0.15, 0.2) is 0 Å². The smallest absolute Gasteiger partial charge is 0.307 e. The molecule has 0 heterocycles. The number of carboxylic acid groups (broad SMARTS) is 1. The Kier molecular flexibility index (Phi) is 2.50. The normalized spacial score (nSPS) is 29.8. The molecule has 0 saturated heterocycles. The Bertz CT molecular complexity index is 208. The van der Waals surface area contributed by atoms with Gasteiger partial charge in [0.05, 0.1) is 5.92 Å². The van der Waals surface area contributed by atoms with Crippen molar-refractivity contribution in [3.05, 3.63) is 0 Å². The summed E-state index contributed by atoms with van der Waals surface area (Å²) >= 11 is 0. The van der Waals surface area contributed by atoms with E-state index in [1.165, 1.54) is 0 Å². The van der Waals surface area contributed by atoms with Crippen LogP contribution >= 0.6 is 0 Å². The topological polar surface area (TPSA) is 54.4 Å². The molecule has 0 aromatic carbocycles. The van der Waals surface area contributed by atoms with Crippen LogP contribution in [0.3, 0.4) is 0 Å². The maximum atomic E-state index is 11.0. The van der Waals surface area contributed by atoms with E-state index in [0.29, 0.717) is 6.42 Å². The Balaban J connectivity index is 2.72. The van der Waals surface area contributed by atoms with Crippen molar-refractivity contribution in [2.75, 3.05) is 0 Å². The van der Waals surface area contributed by atoms with E-state index in [9.17, 15) is 9.59 Å². The fraction of sp³-hybridized carbons (Fsp3) is 0.778. The molecule has 3 heteroatoms. The molecule has 2 atom stereocenters. The lowest BCUT2D eigenvalue weighted by atomic mass is 9.86. The van der Waals surface area contributed by atoms with Gasteiger partial charge in [0.25, 0.3) is 0 Å². The highest BCUT2D eigenvalue weighted by Crippen LogP contribution is 2.34. The van der Waals surface area contributed by atoms with E-state index in [1.807, 2.05) is 13.8 Å². The van der Waals surface area contributed by atoms with Crippen LogP contribution in [-0.2, 0) is 9.59 Å². The minimum Gasteiger partial charge on any atom is -0.481 e. The Hall–Kier alpha value is -0.860. The maximum Gasteiger partial charge on any atom is 0.307 e. The van der Waals surface area contributed by atoms with Crippen molar-refractivity contribution < 1.29 is 14.7 Å². The summed E-state index contributed by atoms with van der Waals surface area (Å²) in [5.41, 5.74) is 0. The quantitative estimate of drug-likeness (QED) is 0.680. The molecule has 0 spiro atoms. The predicted molar refractivity (Wildman–Crippen MR) is 43.7 cm³/mol. The van der Waals surface area contributed by atoms with Gasteiger partial charge in [0.1, 0.15) is 5.78 Å². The maximum absolute atomic E-state index is 11.0. The summed E-state index contributed by atoms with van der Waals surface area (Å²) in [6, 6.07) is 0. The number of hydrogen-bond donors (Lipinski definition) is 1. The number of aliphatic carboxylic acids is 1. The summed E-state index contributed by atoms with van der Waals surface area (Å²) in [6.07, 6.45) is 0.687. The van der Waals surface area contributed by atoms with Gasteiger partial charge < -0.3 is 5.11 Å². The highest BCUT2D eigenvalue weighted by atomic mass is 16.4. The van der Waals surface area contributed by atoms with Crippen molar-refractivity contribution in [3.8, 4) is 0 Å². The molecule has 1 rings (SSSR count). The standard InChI is InChI=1S/C9H14O3/c1-5(2)7-3-6(10)4-8(7)9(11)12/h5,7-8H,3-4H2,1-2H3,(H,11,12). The van der Waals surface area contributed by atoms with Crippen molar-refractivity contribution in [2.45, 2.75) is 26.7 Å². The first-order valence-corrected chi connectivity index (χ1v) is 4.27. The third-order valence-electron chi connectivity index (χ3n) is 2.60. The summed E-state index contributed by atoms with van der Waals surface area (Å²) in [7, 11) is 0. The molecule has 1 aliphatic carbocycles. The number of carbonyl (C=O) groups excluding carboxylic acids is 1. The Morgan fingerprint density at radius 1 is 1.50 bits per heavy atom. The number of carbonyl (C=O) groups is 2. The monoisotopic (exact) mass is 170 g/mol. The van der Waals surface area contributed by atoms with E-state index in [0.717, 1.165) is 0 Å². The van der Waals surface area contributed by atoms with E-state index < -0.39 is 11.9 Å². The highest BCUT2D eigenvalue weighted by molar-refractivity contribution is 5.87. The molecule has 68 valence electrons. The zero-order chi connectivity index (χ0) is 9.30. The van der Waals surface area contributed by atoms with Crippen LogP contribution in [0.25, 0.3) is 0 Å². The second kappa shape index (κ2) is 3.25. The van der Waals surface area contributed by atoms with Gasteiger partial charge in [-0.1, -0.05) is 13.8 Å². The molecule has 1 saturated carbocycles. The molecule has 0 amide bonds. The van der Waals surface area contributed by atoms with Crippen molar-refractivity contribution in [2.24, 2.45) is 17.8 Å². The third kappa shape index (κ3) is 1.65. The van der Waals surface area contributed by atoms with Gasteiger partial charge in [0, 0.05) is 12.8 Å². The first-order chi connectivity index (χ1) is 5.52. The number of ketones is 1. The van der Waals surface area contributed by atoms with Gasteiger partial charge in [0.15, 0.2) is 0 Å². The van der Waals surface area contributed by atoms with Crippen LogP contribution in [0.2, 0.25) is 0 Å². The van der Waals surface area contributed by atoms with Crippen molar-refractivity contribution >= 4 is 11.8 Å². The minimum absolute atomic E-state index is 0.0509. The number of hydrogen-bond acceptors (Lipinski definition) is 2. The largest absolute Gasteiger partial charge is 0.481 e. The van der Waals surface area contributed by atoms with E-state index in [1.54, 1.807) is 0 Å². The van der Waals surface area contributed by atoms with Crippen LogP contribution in [0.1, 0.15) is 26.7 Å². The average Bonchev–Trinajstić information content (AvgIpc) is 2.31. The number of carboxylic acids is 1. The molecule has 1 fully saturated rings. The molecule has 12 heavy (non-hydrogen) atoms. The van der Waals surface area contributed by atoms with E-state index >= 15 is 0 Å². The SMILES string of the molecule is CC(C)C1CC(=O)CC1C(=O)O. The molecule has 0 bridgehead atoms. The summed E-state index contributed by atoms with van der Waals surface area (Å²) in [5.74, 6) is -0.814. The Morgan fingerprint density at radius 3 is 2.42 bits per heavy atom. The lowest BCUT2D eigenvalue weighted by molar-refractivity contribution is -0.143. The van der Waals surface area contributed by atoms with Gasteiger partial charge in [-0.3, -0.25) is 9.59 Å². The molecule has 0 aromatic heterocycles. The lowest BCUT2D eigenvalue weighted by Gasteiger charge is -2.17. The predicted octanol–water partition coefficient (Wildman–Crippen LogP) is 1.32. The summed E-state index contributed by atoms with van der Waals surface area (Å²) in [4.78, 5) is 21.7. The lowest BCUT2D eigenvalue weighted by Crippen LogP contribution is -2.21. The van der Waals surface area contributed by atoms with E-state index in [-0.39, 0.29) is 24.0 Å². The molecular formula is C9H14O3. The second-order valence-corrected chi connectivity index (χ2v) is 3.80. The molecule has 0 aromatic rings. The first-order valence-electron chi connectivity index (χ1n) is 4.27. The summed E-state index contributed by atoms with van der Waals surface area (Å²) < 4.78 is 0. The zero-order valence-electron chi connectivity index (χ0n) is 7.41. The second-order valence-electron chi connectivity index (χ2n) is 3.80. The fourth-order valence-electron chi connectivity index (χ4n) is 1.86. The van der Waals surface area contributed by atoms with Gasteiger partial charge in [0.2, 0.25) is 0 Å². The van der Waals surface area contributed by atoms with E-state index in [2.05, 4.69) is 0 Å². The van der Waals surface area contributed by atoms with Crippen LogP contribution < -0.4 is 0 Å².